The van der Waals surface area contributed by atoms with E-state index in [0.29, 0.717) is 0 Å². The van der Waals surface area contributed by atoms with Crippen LogP contribution in [0.3, 0.4) is 0 Å². The van der Waals surface area contributed by atoms with Crippen LogP contribution in [-0.2, 0) is 15.0 Å². The summed E-state index contributed by atoms with van der Waals surface area (Å²) in [5, 5.41) is 3.80. The Balaban J connectivity index is 2.88. The van der Waals surface area contributed by atoms with Crippen LogP contribution in [0.25, 0.3) is 0 Å². The molecular formula is C13H12N2O3. The van der Waals surface area contributed by atoms with Gasteiger partial charge in [0.2, 0.25) is 11.8 Å². The van der Waals surface area contributed by atoms with E-state index in [1.165, 1.54) is 6.08 Å². The Bertz CT molecular complexity index is 713. The van der Waals surface area contributed by atoms with Crippen LogP contribution in [0.5, 0.6) is 0 Å². The highest BCUT2D eigenvalue weighted by atomic mass is 16.2. The molecule has 2 N–H and O–H groups in total. The summed E-state index contributed by atoms with van der Waals surface area (Å²) in [5.74, 6) is -2.13. The van der Waals surface area contributed by atoms with E-state index in [4.69, 9.17) is 6.85 Å². The van der Waals surface area contributed by atoms with Gasteiger partial charge in [-0.1, -0.05) is 36.3 Å². The number of nitrogens with one attached hydrogen (secondary N) is 2. The smallest absolute Gasteiger partial charge is 0.277 e. The predicted octanol–water partition coefficient (Wildman–Crippen LogP) is 0.866. The van der Waals surface area contributed by atoms with E-state index >= 15 is 0 Å². The fourth-order valence-corrected chi connectivity index (χ4v) is 1.75. The topological polar surface area (TPSA) is 75.3 Å². The van der Waals surface area contributed by atoms with Gasteiger partial charge in [-0.05, 0) is 12.0 Å². The number of urea groups is 1. The molecule has 1 aromatic rings. The molecule has 18 heavy (non-hydrogen) atoms. The van der Waals surface area contributed by atoms with Gasteiger partial charge in [-0.3, -0.25) is 20.2 Å². The van der Waals surface area contributed by atoms with Gasteiger partial charge in [-0.2, -0.15) is 0 Å². The molecule has 2 rings (SSSR count). The minimum absolute atomic E-state index is 0.341. The van der Waals surface area contributed by atoms with E-state index in [0.717, 1.165) is 0 Å². The molecule has 1 aliphatic rings. The monoisotopic (exact) mass is 249 g/mol. The maximum absolute atomic E-state index is 12.4. The minimum Gasteiger partial charge on any atom is -0.277 e. The van der Waals surface area contributed by atoms with Crippen molar-refractivity contribution in [2.75, 3.05) is 0 Å². The standard InChI is InChI=1S/C13H12N2O3/c1-2-8-13(9-6-4-3-5-7-9)10(16)14-12(18)15-11(13)17/h2-7H,1,8H2,(H2,14,15,16,17,18)/i3D,4D,5D,6D,7D. The first-order valence-electron chi connectivity index (χ1n) is 7.53. The zero-order valence-electron chi connectivity index (χ0n) is 14.2. The van der Waals surface area contributed by atoms with Crippen LogP contribution in [0, 0.1) is 0 Å². The molecule has 0 unspecified atom stereocenters. The molecule has 1 saturated heterocycles. The van der Waals surface area contributed by atoms with Gasteiger partial charge in [0.1, 0.15) is 0 Å². The molecule has 1 aliphatic heterocycles. The second-order valence-electron chi connectivity index (χ2n) is 3.64. The number of benzene rings is 1. The summed E-state index contributed by atoms with van der Waals surface area (Å²) in [5.41, 5.74) is -2.66. The summed E-state index contributed by atoms with van der Waals surface area (Å²) in [4.78, 5) is 36.0. The zero-order valence-corrected chi connectivity index (χ0v) is 9.22. The third-order valence-electron chi connectivity index (χ3n) is 2.61. The van der Waals surface area contributed by atoms with Crippen molar-refractivity contribution in [3.63, 3.8) is 0 Å². The van der Waals surface area contributed by atoms with Crippen LogP contribution in [0.2, 0.25) is 0 Å². The van der Waals surface area contributed by atoms with Gasteiger partial charge in [0.15, 0.2) is 5.41 Å². The van der Waals surface area contributed by atoms with Crippen LogP contribution < -0.4 is 10.6 Å². The number of barbiturate groups is 1. The summed E-state index contributed by atoms with van der Waals surface area (Å²) < 4.78 is 38.8. The van der Waals surface area contributed by atoms with Crippen molar-refractivity contribution in [3.8, 4) is 0 Å². The Morgan fingerprint density at radius 2 is 1.72 bits per heavy atom. The highest BCUT2D eigenvalue weighted by Crippen LogP contribution is 2.30. The third-order valence-corrected chi connectivity index (χ3v) is 2.61. The molecule has 0 spiro atoms. The van der Waals surface area contributed by atoms with Crippen molar-refractivity contribution in [1.29, 1.82) is 0 Å². The lowest BCUT2D eigenvalue weighted by molar-refractivity contribution is -0.138. The number of carbonyl (C=O) groups is 3. The fraction of sp³-hybridized carbons (Fsp3) is 0.154. The average Bonchev–Trinajstić information content (AvgIpc) is 2.48. The SMILES string of the molecule is [2H]c1c([2H])c([2H])c(C2(CC=C)C(=O)NC(=O)NC2=O)c([2H])c1[2H]. The molecule has 0 atom stereocenters. The molecule has 5 heteroatoms. The summed E-state index contributed by atoms with van der Waals surface area (Å²) in [7, 11) is 0. The third kappa shape index (κ3) is 1.69. The molecule has 1 heterocycles. The van der Waals surface area contributed by atoms with Crippen molar-refractivity contribution in [1.82, 2.24) is 10.6 Å². The van der Waals surface area contributed by atoms with E-state index < -0.39 is 59.0 Å². The predicted molar refractivity (Wildman–Crippen MR) is 64.6 cm³/mol. The van der Waals surface area contributed by atoms with Crippen molar-refractivity contribution >= 4 is 17.8 Å². The van der Waals surface area contributed by atoms with E-state index in [2.05, 4.69) is 6.58 Å². The largest absolute Gasteiger partial charge is 0.328 e. The number of allylic oxidation sites excluding steroid dienone is 1. The first-order chi connectivity index (χ1) is 10.7. The lowest BCUT2D eigenvalue weighted by atomic mass is 9.75. The first kappa shape index (κ1) is 7.10. The van der Waals surface area contributed by atoms with Gasteiger partial charge in [0.05, 0.1) is 6.85 Å². The summed E-state index contributed by atoms with van der Waals surface area (Å²) in [6.45, 7) is 3.44. The van der Waals surface area contributed by atoms with Gasteiger partial charge >= 0.3 is 6.03 Å². The summed E-state index contributed by atoms with van der Waals surface area (Å²) >= 11 is 0. The zero-order chi connectivity index (χ0) is 17.5. The van der Waals surface area contributed by atoms with Crippen LogP contribution in [-0.4, -0.2) is 17.8 Å². The Morgan fingerprint density at radius 1 is 1.17 bits per heavy atom. The minimum atomic E-state index is -2.16. The molecule has 0 bridgehead atoms. The molecule has 0 saturated carbocycles. The van der Waals surface area contributed by atoms with Crippen molar-refractivity contribution in [2.24, 2.45) is 0 Å². The van der Waals surface area contributed by atoms with Gasteiger partial charge in [-0.15, -0.1) is 6.58 Å². The normalized spacial score (nSPS) is 21.8. The van der Waals surface area contributed by atoms with Crippen LogP contribution in [0.4, 0.5) is 4.79 Å². The lowest BCUT2D eigenvalue weighted by Crippen LogP contribution is -2.64. The van der Waals surface area contributed by atoms with Crippen molar-refractivity contribution in [3.05, 3.63) is 48.4 Å². The van der Waals surface area contributed by atoms with E-state index in [1.54, 1.807) is 0 Å². The van der Waals surface area contributed by atoms with Gasteiger partial charge < -0.3 is 0 Å². The maximum atomic E-state index is 12.4. The quantitative estimate of drug-likeness (QED) is 0.616. The van der Waals surface area contributed by atoms with E-state index in [9.17, 15) is 14.4 Å². The molecule has 5 nitrogen and oxygen atoms in total. The Morgan fingerprint density at radius 3 is 2.22 bits per heavy atom. The maximum Gasteiger partial charge on any atom is 0.328 e. The number of hydrogen-bond donors (Lipinski definition) is 2. The fourth-order valence-electron chi connectivity index (χ4n) is 1.75. The molecule has 0 aromatic heterocycles. The molecular weight excluding hydrogens is 232 g/mol. The highest BCUT2D eigenvalue weighted by Gasteiger charge is 2.50. The van der Waals surface area contributed by atoms with Gasteiger partial charge in [0, 0.05) is 0 Å². The Labute approximate surface area is 111 Å². The number of amides is 4. The Kier molecular flexibility index (Phi) is 1.75. The van der Waals surface area contributed by atoms with E-state index in [1.807, 2.05) is 10.6 Å². The molecule has 92 valence electrons. The number of hydrogen-bond acceptors (Lipinski definition) is 3. The second-order valence-corrected chi connectivity index (χ2v) is 3.64. The average molecular weight is 249 g/mol. The molecule has 1 fully saturated rings. The van der Waals surface area contributed by atoms with Crippen LogP contribution in [0.1, 0.15) is 18.8 Å². The Hall–Kier alpha value is -2.43. The van der Waals surface area contributed by atoms with Gasteiger partial charge in [-0.25, -0.2) is 4.79 Å². The second kappa shape index (κ2) is 4.44. The van der Waals surface area contributed by atoms with E-state index in [-0.39, 0.29) is 6.42 Å². The summed E-state index contributed by atoms with van der Waals surface area (Å²) in [6.07, 6.45) is 0.863. The molecule has 1 aromatic carbocycles. The summed E-state index contributed by atoms with van der Waals surface area (Å²) in [6, 6.07) is -4.41. The molecule has 4 amide bonds. The lowest BCUT2D eigenvalue weighted by Gasteiger charge is -2.33. The number of imide groups is 2. The molecule has 0 radical (unpaired) electrons. The highest BCUT2D eigenvalue weighted by molar-refractivity contribution is 6.23. The van der Waals surface area contributed by atoms with Crippen LogP contribution in [0.15, 0.2) is 42.9 Å². The number of carbonyl (C=O) groups excluding carboxylic acids is 3. The van der Waals surface area contributed by atoms with Crippen molar-refractivity contribution < 1.29 is 21.2 Å². The first-order valence-corrected chi connectivity index (χ1v) is 5.03. The number of rotatable bonds is 3. The van der Waals surface area contributed by atoms with Crippen molar-refractivity contribution in [2.45, 2.75) is 11.8 Å². The molecule has 0 aliphatic carbocycles. The van der Waals surface area contributed by atoms with Crippen LogP contribution >= 0.6 is 0 Å². The van der Waals surface area contributed by atoms with Gasteiger partial charge in [0.25, 0.3) is 0 Å².